The van der Waals surface area contributed by atoms with Crippen molar-refractivity contribution < 1.29 is 0 Å². The Labute approximate surface area is 118 Å². The number of likely N-dealkylation sites (N-methyl/N-ethyl adjacent to an activating group) is 1. The summed E-state index contributed by atoms with van der Waals surface area (Å²) in [6, 6.07) is 8.95. The highest BCUT2D eigenvalue weighted by Crippen LogP contribution is 2.36. The first-order valence-electron chi connectivity index (χ1n) is 7.03. The first-order valence-corrected chi connectivity index (χ1v) is 7.03. The molecule has 0 fully saturated rings. The minimum Gasteiger partial charge on any atom is -0.381 e. The van der Waals surface area contributed by atoms with E-state index in [-0.39, 0.29) is 5.54 Å². The van der Waals surface area contributed by atoms with Gasteiger partial charge < -0.3 is 10.1 Å². The highest BCUT2D eigenvalue weighted by molar-refractivity contribution is 6.05. The molecule has 3 heteroatoms. The van der Waals surface area contributed by atoms with E-state index in [4.69, 9.17) is 7.98 Å². The van der Waals surface area contributed by atoms with E-state index < -0.39 is 0 Å². The van der Waals surface area contributed by atoms with Gasteiger partial charge in [0.05, 0.1) is 0 Å². The van der Waals surface area contributed by atoms with Crippen LogP contribution in [-0.2, 0) is 0 Å². The van der Waals surface area contributed by atoms with Crippen molar-refractivity contribution >= 4 is 13.7 Å². The zero-order chi connectivity index (χ0) is 14.0. The lowest BCUT2D eigenvalue weighted by molar-refractivity contribution is 0.308. The van der Waals surface area contributed by atoms with Crippen LogP contribution in [0.25, 0.3) is 0 Å². The molecule has 1 N–H and O–H groups in total. The Kier molecular flexibility index (Phi) is 4.05. The van der Waals surface area contributed by atoms with Crippen molar-refractivity contribution in [2.45, 2.75) is 45.2 Å². The summed E-state index contributed by atoms with van der Waals surface area (Å²) in [6.07, 6.45) is 4.51. The van der Waals surface area contributed by atoms with Gasteiger partial charge in [0, 0.05) is 23.2 Å². The fourth-order valence-electron chi connectivity index (χ4n) is 2.64. The van der Waals surface area contributed by atoms with Crippen molar-refractivity contribution in [2.75, 3.05) is 11.9 Å². The van der Waals surface area contributed by atoms with E-state index in [0.29, 0.717) is 12.0 Å². The third-order valence-corrected chi connectivity index (χ3v) is 4.03. The van der Waals surface area contributed by atoms with Crippen LogP contribution in [0.1, 0.15) is 39.2 Å². The van der Waals surface area contributed by atoms with Gasteiger partial charge in [0.1, 0.15) is 0 Å². The number of benzene rings is 1. The Morgan fingerprint density at radius 1 is 1.37 bits per heavy atom. The van der Waals surface area contributed by atoms with Crippen molar-refractivity contribution in [1.29, 1.82) is 0 Å². The maximum Gasteiger partial charge on any atom is 0.183 e. The van der Waals surface area contributed by atoms with Crippen molar-refractivity contribution in [1.82, 2.24) is 4.81 Å². The zero-order valence-electron chi connectivity index (χ0n) is 12.4. The Bertz CT molecular complexity index is 468. The number of rotatable bonds is 4. The van der Waals surface area contributed by atoms with E-state index in [0.717, 1.165) is 6.54 Å². The average Bonchev–Trinajstić information content (AvgIpc) is 2.71. The van der Waals surface area contributed by atoms with Gasteiger partial charge in [0.2, 0.25) is 0 Å². The third kappa shape index (κ3) is 2.87. The quantitative estimate of drug-likeness (QED) is 0.655. The molecule has 0 unspecified atom stereocenters. The summed E-state index contributed by atoms with van der Waals surface area (Å²) in [5, 5.41) is 3.53. The van der Waals surface area contributed by atoms with E-state index in [9.17, 15) is 0 Å². The number of hydrogen-bond donors (Lipinski definition) is 1. The molecule has 100 valence electrons. The maximum atomic E-state index is 6.03. The van der Waals surface area contributed by atoms with Gasteiger partial charge in [-0.1, -0.05) is 37.3 Å². The van der Waals surface area contributed by atoms with Crippen LogP contribution >= 0.6 is 0 Å². The van der Waals surface area contributed by atoms with E-state index >= 15 is 0 Å². The molecule has 1 heterocycles. The number of fused-ring (bicyclic) bond motifs is 1. The van der Waals surface area contributed by atoms with Gasteiger partial charge in [-0.2, -0.15) is 0 Å². The van der Waals surface area contributed by atoms with Crippen LogP contribution in [0.15, 0.2) is 36.4 Å². The fourth-order valence-corrected chi connectivity index (χ4v) is 2.64. The Balaban J connectivity index is 2.20. The van der Waals surface area contributed by atoms with Crippen LogP contribution in [-0.4, -0.2) is 30.9 Å². The van der Waals surface area contributed by atoms with Crippen LogP contribution in [0.4, 0.5) is 5.69 Å². The third-order valence-electron chi connectivity index (χ3n) is 4.03. The molecule has 1 aliphatic rings. The number of para-hydroxylation sites is 1. The lowest BCUT2D eigenvalue weighted by atomic mass is 9.91. The summed E-state index contributed by atoms with van der Waals surface area (Å²) in [6.45, 7) is 9.43. The second kappa shape index (κ2) is 5.42. The molecule has 0 saturated heterocycles. The van der Waals surface area contributed by atoms with Gasteiger partial charge >= 0.3 is 0 Å². The highest BCUT2D eigenvalue weighted by Gasteiger charge is 2.27. The highest BCUT2D eigenvalue weighted by atomic mass is 15.1. The molecule has 0 aliphatic carbocycles. The molecule has 0 bridgehead atoms. The second-order valence-electron chi connectivity index (χ2n) is 5.84. The summed E-state index contributed by atoms with van der Waals surface area (Å²) < 4.78 is 0. The first kappa shape index (κ1) is 14.2. The van der Waals surface area contributed by atoms with Crippen LogP contribution in [0.3, 0.4) is 0 Å². The standard InChI is InChI=1S/C16H23BN2/c1-5-19(17)16(3,4)11-10-13-12(2)18-15-9-7-6-8-14(13)15/h6-13,18H,5H2,1-4H3/b11-10+/t12-,13+/m0/s1. The predicted molar refractivity (Wildman–Crippen MR) is 83.6 cm³/mol. The van der Waals surface area contributed by atoms with E-state index in [2.05, 4.69) is 69.4 Å². The van der Waals surface area contributed by atoms with Gasteiger partial charge in [0.25, 0.3) is 0 Å². The molecule has 2 atom stereocenters. The molecular weight excluding hydrogens is 231 g/mol. The number of hydrogen-bond acceptors (Lipinski definition) is 2. The summed E-state index contributed by atoms with van der Waals surface area (Å²) in [7, 11) is 6.03. The fraction of sp³-hybridized carbons (Fsp3) is 0.500. The molecule has 1 aromatic rings. The Morgan fingerprint density at radius 2 is 2.05 bits per heavy atom. The minimum atomic E-state index is -0.119. The molecule has 19 heavy (non-hydrogen) atoms. The number of nitrogens with one attached hydrogen (secondary N) is 1. The van der Waals surface area contributed by atoms with E-state index in [1.165, 1.54) is 11.3 Å². The van der Waals surface area contributed by atoms with Gasteiger partial charge in [-0.25, -0.2) is 0 Å². The largest absolute Gasteiger partial charge is 0.381 e. The Hall–Kier alpha value is -1.22. The second-order valence-corrected chi connectivity index (χ2v) is 5.84. The van der Waals surface area contributed by atoms with Crippen LogP contribution in [0.2, 0.25) is 0 Å². The topological polar surface area (TPSA) is 15.3 Å². The zero-order valence-corrected chi connectivity index (χ0v) is 12.4. The van der Waals surface area contributed by atoms with Gasteiger partial charge in [-0.3, -0.25) is 0 Å². The molecule has 0 amide bonds. The van der Waals surface area contributed by atoms with E-state index in [1.807, 2.05) is 4.81 Å². The summed E-state index contributed by atoms with van der Waals surface area (Å²) in [5.74, 6) is 0.417. The molecular formula is C16H23BN2. The number of nitrogens with zero attached hydrogens (tertiary/aromatic N) is 1. The van der Waals surface area contributed by atoms with Gasteiger partial charge in [-0.15, -0.1) is 0 Å². The van der Waals surface area contributed by atoms with Crippen LogP contribution in [0, 0.1) is 0 Å². The Morgan fingerprint density at radius 3 is 2.74 bits per heavy atom. The number of anilines is 1. The minimum absolute atomic E-state index is 0.119. The molecule has 2 nitrogen and oxygen atoms in total. The van der Waals surface area contributed by atoms with Crippen LogP contribution < -0.4 is 5.32 Å². The molecule has 1 aromatic carbocycles. The summed E-state index contributed by atoms with van der Waals surface area (Å²) in [5.41, 5.74) is 2.51. The normalized spacial score (nSPS) is 22.8. The van der Waals surface area contributed by atoms with E-state index in [1.54, 1.807) is 0 Å². The monoisotopic (exact) mass is 254 g/mol. The summed E-state index contributed by atoms with van der Waals surface area (Å²) >= 11 is 0. The summed E-state index contributed by atoms with van der Waals surface area (Å²) in [4.78, 5) is 1.86. The molecule has 0 saturated carbocycles. The lowest BCUT2D eigenvalue weighted by Gasteiger charge is -2.33. The molecule has 0 spiro atoms. The van der Waals surface area contributed by atoms with Gasteiger partial charge in [0.15, 0.2) is 7.98 Å². The van der Waals surface area contributed by atoms with Crippen LogP contribution in [0.5, 0.6) is 0 Å². The SMILES string of the molecule is [B]N(CC)C(C)(C)/C=C/[C@H]1c2ccccc2N[C@H]1C. The van der Waals surface area contributed by atoms with Crippen molar-refractivity contribution in [3.05, 3.63) is 42.0 Å². The smallest absolute Gasteiger partial charge is 0.183 e. The van der Waals surface area contributed by atoms with Crippen molar-refractivity contribution in [3.63, 3.8) is 0 Å². The van der Waals surface area contributed by atoms with Crippen molar-refractivity contribution in [2.24, 2.45) is 0 Å². The molecule has 1 aliphatic heterocycles. The van der Waals surface area contributed by atoms with Crippen molar-refractivity contribution in [3.8, 4) is 0 Å². The maximum absolute atomic E-state index is 6.03. The average molecular weight is 254 g/mol. The first-order chi connectivity index (χ1) is 8.95. The molecule has 2 rings (SSSR count). The van der Waals surface area contributed by atoms with Gasteiger partial charge in [-0.05, 0) is 38.9 Å². The lowest BCUT2D eigenvalue weighted by Crippen LogP contribution is -2.40. The molecule has 2 radical (unpaired) electrons. The molecule has 0 aromatic heterocycles. The predicted octanol–water partition coefficient (Wildman–Crippen LogP) is 3.32.